The van der Waals surface area contributed by atoms with Gasteiger partial charge in [-0.2, -0.15) is 9.97 Å². The zero-order valence-electron chi connectivity index (χ0n) is 14.9. The van der Waals surface area contributed by atoms with E-state index < -0.39 is 0 Å². The van der Waals surface area contributed by atoms with Crippen molar-refractivity contribution in [3.05, 3.63) is 66.2 Å². The van der Waals surface area contributed by atoms with Crippen molar-refractivity contribution < 1.29 is 0 Å². The third-order valence-corrected chi connectivity index (χ3v) is 4.94. The Morgan fingerprint density at radius 3 is 2.46 bits per heavy atom. The lowest BCUT2D eigenvalue weighted by Gasteiger charge is -2.26. The first kappa shape index (κ1) is 16.4. The van der Waals surface area contributed by atoms with Crippen molar-refractivity contribution in [2.45, 2.75) is 18.9 Å². The monoisotopic (exact) mass is 345 g/mol. The molecule has 0 aliphatic carbocycles. The molecule has 1 unspecified atom stereocenters. The molecule has 1 aliphatic rings. The van der Waals surface area contributed by atoms with Gasteiger partial charge in [0.15, 0.2) is 0 Å². The van der Waals surface area contributed by atoms with E-state index in [0.29, 0.717) is 12.0 Å². The van der Waals surface area contributed by atoms with Gasteiger partial charge in [-0.1, -0.05) is 54.6 Å². The summed E-state index contributed by atoms with van der Waals surface area (Å²) in [5.74, 6) is 1.94. The van der Waals surface area contributed by atoms with E-state index in [-0.39, 0.29) is 0 Å². The number of anilines is 3. The first-order chi connectivity index (χ1) is 12.7. The minimum absolute atomic E-state index is 0.303. The van der Waals surface area contributed by atoms with Crippen LogP contribution in [-0.2, 0) is 0 Å². The Kier molecular flexibility index (Phi) is 4.44. The number of nitrogens with two attached hydrogens (primary N) is 1. The molecule has 0 radical (unpaired) electrons. The van der Waals surface area contributed by atoms with Crippen LogP contribution in [0.5, 0.6) is 0 Å². The van der Waals surface area contributed by atoms with E-state index in [1.165, 1.54) is 16.7 Å². The number of nitrogen functional groups attached to an aromatic ring is 1. The third kappa shape index (κ3) is 3.20. The highest BCUT2D eigenvalue weighted by Gasteiger charge is 2.27. The third-order valence-electron chi connectivity index (χ3n) is 4.94. The number of aromatic nitrogens is 2. The summed E-state index contributed by atoms with van der Waals surface area (Å²) in [7, 11) is 1.84. The van der Waals surface area contributed by atoms with Crippen LogP contribution in [0.4, 0.5) is 17.6 Å². The molecule has 2 heterocycles. The summed E-state index contributed by atoms with van der Waals surface area (Å²) in [5.41, 5.74) is 9.67. The molecule has 4 rings (SSSR count). The Balaban J connectivity index is 1.62. The zero-order chi connectivity index (χ0) is 17.9. The molecule has 3 aromatic rings. The first-order valence-corrected chi connectivity index (χ1v) is 8.99. The van der Waals surface area contributed by atoms with Crippen LogP contribution in [0.3, 0.4) is 0 Å². The molecular weight excluding hydrogens is 322 g/mol. The van der Waals surface area contributed by atoms with E-state index in [2.05, 4.69) is 68.7 Å². The lowest BCUT2D eigenvalue weighted by atomic mass is 9.99. The van der Waals surface area contributed by atoms with Gasteiger partial charge in [0.2, 0.25) is 5.95 Å². The maximum Gasteiger partial charge on any atom is 0.223 e. The van der Waals surface area contributed by atoms with Gasteiger partial charge in [-0.25, -0.2) is 0 Å². The highest BCUT2D eigenvalue weighted by Crippen LogP contribution is 2.36. The number of benzene rings is 2. The molecule has 0 amide bonds. The first-order valence-electron chi connectivity index (χ1n) is 8.99. The predicted octanol–water partition coefficient (Wildman–Crippen LogP) is 4.11. The maximum atomic E-state index is 5.88. The molecule has 2 aromatic carbocycles. The average Bonchev–Trinajstić information content (AvgIpc) is 3.18. The molecule has 0 bridgehead atoms. The molecular formula is C21H23N5. The summed E-state index contributed by atoms with van der Waals surface area (Å²) in [6, 6.07) is 21.6. The van der Waals surface area contributed by atoms with Crippen LogP contribution in [0, 0.1) is 0 Å². The molecule has 26 heavy (non-hydrogen) atoms. The van der Waals surface area contributed by atoms with Gasteiger partial charge in [-0.05, 0) is 29.5 Å². The molecule has 1 atom stereocenters. The number of nitrogens with one attached hydrogen (secondary N) is 1. The Hall–Kier alpha value is -3.08. The molecule has 1 aromatic heterocycles. The van der Waals surface area contributed by atoms with Gasteiger partial charge in [0.25, 0.3) is 0 Å². The van der Waals surface area contributed by atoms with Gasteiger partial charge >= 0.3 is 0 Å². The highest BCUT2D eigenvalue weighted by molar-refractivity contribution is 5.64. The fourth-order valence-electron chi connectivity index (χ4n) is 3.64. The van der Waals surface area contributed by atoms with Crippen LogP contribution in [0.1, 0.15) is 24.4 Å². The van der Waals surface area contributed by atoms with Gasteiger partial charge in [0.1, 0.15) is 11.6 Å². The van der Waals surface area contributed by atoms with Crippen LogP contribution < -0.4 is 16.0 Å². The summed E-state index contributed by atoms with van der Waals surface area (Å²) in [4.78, 5) is 11.0. The van der Waals surface area contributed by atoms with E-state index in [0.717, 1.165) is 31.0 Å². The smallest absolute Gasteiger partial charge is 0.223 e. The summed E-state index contributed by atoms with van der Waals surface area (Å²) < 4.78 is 0. The molecule has 1 saturated heterocycles. The van der Waals surface area contributed by atoms with Crippen LogP contribution in [0.2, 0.25) is 0 Å². The summed E-state index contributed by atoms with van der Waals surface area (Å²) in [6.07, 6.45) is 2.26. The topological polar surface area (TPSA) is 67.1 Å². The number of hydrogen-bond acceptors (Lipinski definition) is 5. The highest BCUT2D eigenvalue weighted by atomic mass is 15.3. The average molecular weight is 345 g/mol. The Labute approximate surface area is 153 Å². The minimum atomic E-state index is 0.303. The molecule has 0 spiro atoms. The van der Waals surface area contributed by atoms with Crippen molar-refractivity contribution in [1.82, 2.24) is 9.97 Å². The van der Waals surface area contributed by atoms with Crippen molar-refractivity contribution in [1.29, 1.82) is 0 Å². The van der Waals surface area contributed by atoms with E-state index in [1.54, 1.807) is 0 Å². The van der Waals surface area contributed by atoms with Crippen LogP contribution in [-0.4, -0.2) is 23.6 Å². The molecule has 1 fully saturated rings. The van der Waals surface area contributed by atoms with Gasteiger partial charge in [0.05, 0.1) is 6.04 Å². The van der Waals surface area contributed by atoms with Crippen LogP contribution >= 0.6 is 0 Å². The Bertz CT molecular complexity index is 877. The fraction of sp³-hybridized carbons (Fsp3) is 0.238. The van der Waals surface area contributed by atoms with Crippen molar-refractivity contribution in [2.75, 3.05) is 29.5 Å². The van der Waals surface area contributed by atoms with E-state index in [9.17, 15) is 0 Å². The van der Waals surface area contributed by atoms with Gasteiger partial charge in [-0.3, -0.25) is 0 Å². The summed E-state index contributed by atoms with van der Waals surface area (Å²) in [5, 5.41) is 3.05. The molecule has 1 aliphatic heterocycles. The maximum absolute atomic E-state index is 5.88. The van der Waals surface area contributed by atoms with Crippen molar-refractivity contribution >= 4 is 17.6 Å². The number of hydrogen-bond donors (Lipinski definition) is 2. The van der Waals surface area contributed by atoms with E-state index >= 15 is 0 Å². The lowest BCUT2D eigenvalue weighted by molar-refractivity contribution is 0.711. The fourth-order valence-corrected chi connectivity index (χ4v) is 3.64. The SMILES string of the molecule is CNc1cc(N2CCCC2c2ccc(-c3ccccc3)cc2)nc(N)n1. The van der Waals surface area contributed by atoms with Crippen LogP contribution in [0.25, 0.3) is 11.1 Å². The molecule has 3 N–H and O–H groups in total. The lowest BCUT2D eigenvalue weighted by Crippen LogP contribution is -2.24. The van der Waals surface area contributed by atoms with Crippen LogP contribution in [0.15, 0.2) is 60.7 Å². The summed E-state index contributed by atoms with van der Waals surface area (Å²) in [6.45, 7) is 0.977. The molecule has 0 saturated carbocycles. The van der Waals surface area contributed by atoms with Crippen molar-refractivity contribution in [3.8, 4) is 11.1 Å². The molecule has 5 nitrogen and oxygen atoms in total. The van der Waals surface area contributed by atoms with Gasteiger partial charge in [-0.15, -0.1) is 0 Å². The van der Waals surface area contributed by atoms with Crippen molar-refractivity contribution in [3.63, 3.8) is 0 Å². The Morgan fingerprint density at radius 2 is 1.73 bits per heavy atom. The number of rotatable bonds is 4. The number of nitrogens with zero attached hydrogens (tertiary/aromatic N) is 3. The van der Waals surface area contributed by atoms with Gasteiger partial charge < -0.3 is 16.0 Å². The van der Waals surface area contributed by atoms with Gasteiger partial charge in [0, 0.05) is 19.7 Å². The normalized spacial score (nSPS) is 16.7. The predicted molar refractivity (Wildman–Crippen MR) is 107 cm³/mol. The minimum Gasteiger partial charge on any atom is -0.373 e. The second-order valence-electron chi connectivity index (χ2n) is 6.56. The second kappa shape index (κ2) is 7.04. The van der Waals surface area contributed by atoms with E-state index in [1.807, 2.05) is 19.2 Å². The Morgan fingerprint density at radius 1 is 1.00 bits per heavy atom. The second-order valence-corrected chi connectivity index (χ2v) is 6.56. The molecule has 132 valence electrons. The standard InChI is InChI=1S/C21H23N5/c1-23-19-14-20(25-21(22)24-19)26-13-5-8-18(26)17-11-9-16(10-12-17)15-6-3-2-4-7-15/h2-4,6-7,9-12,14,18H,5,8,13H2,1H3,(H3,22,23,24,25). The zero-order valence-corrected chi connectivity index (χ0v) is 14.9. The quantitative estimate of drug-likeness (QED) is 0.745. The van der Waals surface area contributed by atoms with E-state index in [4.69, 9.17) is 5.73 Å². The largest absolute Gasteiger partial charge is 0.373 e. The van der Waals surface area contributed by atoms with Crippen molar-refractivity contribution in [2.24, 2.45) is 0 Å². The molecule has 5 heteroatoms. The summed E-state index contributed by atoms with van der Waals surface area (Å²) >= 11 is 0.